The predicted molar refractivity (Wildman–Crippen MR) is 199 cm³/mol. The Hall–Kier alpha value is -6.26. The van der Waals surface area contributed by atoms with E-state index in [9.17, 15) is 33.9 Å². The van der Waals surface area contributed by atoms with Crippen LogP contribution < -0.4 is 0 Å². The van der Waals surface area contributed by atoms with Crippen LogP contribution in [-0.4, -0.2) is 103 Å². The van der Waals surface area contributed by atoms with Crippen LogP contribution >= 0.6 is 0 Å². The topological polar surface area (TPSA) is 196 Å². The van der Waals surface area contributed by atoms with Crippen molar-refractivity contribution >= 4 is 35.6 Å². The maximum atomic E-state index is 13.5. The molecule has 1 N–H and O–H groups in total. The van der Waals surface area contributed by atoms with E-state index in [2.05, 4.69) is 0 Å². The first kappa shape index (κ1) is 41.4. The fourth-order valence-electron chi connectivity index (χ4n) is 6.12. The van der Waals surface area contributed by atoms with Crippen LogP contribution in [0.3, 0.4) is 0 Å². The summed E-state index contributed by atoms with van der Waals surface area (Å²) in [5.74, 6) is -4.26. The normalized spacial score (nSPS) is 23.6. The van der Waals surface area contributed by atoms with Gasteiger partial charge in [-0.3, -0.25) is 4.79 Å². The van der Waals surface area contributed by atoms with Gasteiger partial charge in [-0.2, -0.15) is 0 Å². The Labute approximate surface area is 332 Å². The van der Waals surface area contributed by atoms with Crippen LogP contribution in [0.1, 0.15) is 61.2 Å². The Morgan fingerprint density at radius 1 is 0.500 bits per heavy atom. The fourth-order valence-corrected chi connectivity index (χ4v) is 6.12. The molecule has 0 aromatic heterocycles. The van der Waals surface area contributed by atoms with E-state index < -0.39 is 92.3 Å². The second kappa shape index (κ2) is 19.7. The zero-order valence-corrected chi connectivity index (χ0v) is 31.2. The van der Waals surface area contributed by atoms with Gasteiger partial charge in [-0.05, 0) is 55.5 Å². The van der Waals surface area contributed by atoms with E-state index in [4.69, 9.17) is 37.9 Å². The van der Waals surface area contributed by atoms with Crippen LogP contribution in [0.5, 0.6) is 0 Å². The summed E-state index contributed by atoms with van der Waals surface area (Å²) >= 11 is 0. The molecule has 15 nitrogen and oxygen atoms in total. The third kappa shape index (κ3) is 10.8. The number of ether oxygens (including phenoxy) is 8. The Kier molecular flexibility index (Phi) is 14.1. The number of carbonyl (C=O) groups excluding carboxylic acids is 6. The molecule has 302 valence electrons. The molecule has 2 aliphatic rings. The maximum absolute atomic E-state index is 13.5. The van der Waals surface area contributed by atoms with E-state index in [0.717, 1.165) is 0 Å². The van der Waals surface area contributed by atoms with Gasteiger partial charge in [0.15, 0.2) is 37.0 Å². The number of carbonyl (C=O) groups is 6. The van der Waals surface area contributed by atoms with E-state index in [-0.39, 0.29) is 40.9 Å². The largest absolute Gasteiger partial charge is 0.463 e. The molecule has 58 heavy (non-hydrogen) atoms. The number of aliphatic hydroxyl groups excluding tert-OH is 1. The van der Waals surface area contributed by atoms with Crippen molar-refractivity contribution in [3.8, 4) is 0 Å². The Bertz CT molecular complexity index is 2030. The Balaban J connectivity index is 1.27. The number of rotatable bonds is 16. The first-order valence-corrected chi connectivity index (χ1v) is 18.4. The first-order chi connectivity index (χ1) is 28.1. The number of ketones is 1. The van der Waals surface area contributed by atoms with Crippen molar-refractivity contribution in [2.75, 3.05) is 13.2 Å². The van der Waals surface area contributed by atoms with Crippen LogP contribution in [0.4, 0.5) is 0 Å². The SMILES string of the molecule is CC(=O)CCC(=O)OC[C@H]1O[C@H](OC[C@H]2O[C@H](O)[C@@H](OC(=O)c3ccccc3)[C@@H]2OC(=O)c2ccccc2)[C@@H](OC(=O)c2ccccc2)[C@@H]1OC(=O)c1ccccc1. The summed E-state index contributed by atoms with van der Waals surface area (Å²) in [6.45, 7) is 0.295. The minimum atomic E-state index is -1.78. The standard InChI is InChI=1S/C43H40O15/c1-26(44)22-23-33(45)51-24-32-35(56-39(47)28-16-8-3-9-17-28)37(58-41(49)30-20-12-5-13-21-30)43(54-32)52-25-31-34(55-38(46)27-14-6-2-7-15-27)36(42(50)53-31)57-40(48)29-18-10-4-11-19-29/h2-21,31-32,34-37,42-43,50H,22-25H2,1H3/t31-,32-,34-,35-,36+,37+,42+,43+/m1/s1. The molecule has 15 heteroatoms. The lowest BCUT2D eigenvalue weighted by Crippen LogP contribution is -2.44. The van der Waals surface area contributed by atoms with Crippen molar-refractivity contribution in [1.82, 2.24) is 0 Å². The lowest BCUT2D eigenvalue weighted by Gasteiger charge is -2.26. The molecule has 0 spiro atoms. The van der Waals surface area contributed by atoms with Crippen molar-refractivity contribution in [3.63, 3.8) is 0 Å². The van der Waals surface area contributed by atoms with Crippen LogP contribution in [0.15, 0.2) is 121 Å². The van der Waals surface area contributed by atoms with E-state index in [1.54, 1.807) is 72.8 Å². The highest BCUT2D eigenvalue weighted by Crippen LogP contribution is 2.33. The van der Waals surface area contributed by atoms with E-state index in [1.807, 2.05) is 0 Å². The number of aliphatic hydroxyl groups is 1. The minimum absolute atomic E-state index is 0.0647. The summed E-state index contributed by atoms with van der Waals surface area (Å²) < 4.78 is 46.5. The van der Waals surface area contributed by atoms with Gasteiger partial charge in [-0.1, -0.05) is 72.8 Å². The average molecular weight is 797 g/mol. The third-order valence-electron chi connectivity index (χ3n) is 9.08. The van der Waals surface area contributed by atoms with Gasteiger partial charge < -0.3 is 47.8 Å². The lowest BCUT2D eigenvalue weighted by atomic mass is 10.1. The molecule has 4 aromatic carbocycles. The average Bonchev–Trinajstić information content (AvgIpc) is 3.72. The molecule has 0 amide bonds. The summed E-state index contributed by atoms with van der Waals surface area (Å²) in [5, 5.41) is 11.0. The molecule has 0 aliphatic carbocycles. The smallest absolute Gasteiger partial charge is 0.338 e. The van der Waals surface area contributed by atoms with Crippen LogP contribution in [0, 0.1) is 0 Å². The van der Waals surface area contributed by atoms with Crippen LogP contribution in [0.25, 0.3) is 0 Å². The number of Topliss-reactive ketones (excluding diaryl/α,β-unsaturated/α-hetero) is 1. The molecule has 8 atom stereocenters. The highest BCUT2D eigenvalue weighted by molar-refractivity contribution is 5.91. The van der Waals surface area contributed by atoms with Crippen molar-refractivity contribution in [2.45, 2.75) is 69.0 Å². The lowest BCUT2D eigenvalue weighted by molar-refractivity contribution is -0.200. The molecular formula is C43H40O15. The number of hydrogen-bond donors (Lipinski definition) is 1. The zero-order chi connectivity index (χ0) is 41.0. The predicted octanol–water partition coefficient (Wildman–Crippen LogP) is 4.26. The highest BCUT2D eigenvalue weighted by Gasteiger charge is 2.54. The maximum Gasteiger partial charge on any atom is 0.338 e. The van der Waals surface area contributed by atoms with Gasteiger partial charge >= 0.3 is 29.8 Å². The second-order valence-electron chi connectivity index (χ2n) is 13.3. The zero-order valence-electron chi connectivity index (χ0n) is 31.2. The number of hydrogen-bond acceptors (Lipinski definition) is 15. The van der Waals surface area contributed by atoms with Crippen molar-refractivity contribution in [1.29, 1.82) is 0 Å². The molecule has 0 unspecified atom stereocenters. The fraction of sp³-hybridized carbons (Fsp3) is 0.302. The van der Waals surface area contributed by atoms with Gasteiger partial charge in [-0.15, -0.1) is 0 Å². The summed E-state index contributed by atoms with van der Waals surface area (Å²) in [6.07, 6.45) is -12.1. The van der Waals surface area contributed by atoms with Crippen LogP contribution in [0.2, 0.25) is 0 Å². The molecule has 6 rings (SSSR count). The summed E-state index contributed by atoms with van der Waals surface area (Å²) in [6, 6.07) is 31.8. The molecule has 0 radical (unpaired) electrons. The monoisotopic (exact) mass is 796 g/mol. The Morgan fingerprint density at radius 3 is 1.31 bits per heavy atom. The Morgan fingerprint density at radius 2 is 0.879 bits per heavy atom. The van der Waals surface area contributed by atoms with Crippen molar-refractivity contribution < 1.29 is 71.8 Å². The van der Waals surface area contributed by atoms with Gasteiger partial charge in [0, 0.05) is 6.42 Å². The molecule has 0 bridgehead atoms. The number of esters is 5. The molecule has 2 heterocycles. The van der Waals surface area contributed by atoms with Crippen LogP contribution in [-0.2, 0) is 47.5 Å². The first-order valence-electron chi connectivity index (χ1n) is 18.4. The molecular weight excluding hydrogens is 756 g/mol. The summed E-state index contributed by atoms with van der Waals surface area (Å²) in [5.41, 5.74) is 0.623. The number of benzene rings is 4. The van der Waals surface area contributed by atoms with Gasteiger partial charge in [-0.25, -0.2) is 19.2 Å². The van der Waals surface area contributed by atoms with E-state index in [0.29, 0.717) is 0 Å². The molecule has 2 saturated heterocycles. The quantitative estimate of drug-likeness (QED) is 0.125. The van der Waals surface area contributed by atoms with Crippen molar-refractivity contribution in [3.05, 3.63) is 144 Å². The molecule has 2 aliphatic heterocycles. The second-order valence-corrected chi connectivity index (χ2v) is 13.3. The summed E-state index contributed by atoms with van der Waals surface area (Å²) in [4.78, 5) is 77.4. The van der Waals surface area contributed by atoms with Gasteiger partial charge in [0.2, 0.25) is 0 Å². The molecule has 2 fully saturated rings. The van der Waals surface area contributed by atoms with Gasteiger partial charge in [0.25, 0.3) is 0 Å². The van der Waals surface area contributed by atoms with Gasteiger partial charge in [0.1, 0.15) is 24.6 Å². The van der Waals surface area contributed by atoms with E-state index >= 15 is 0 Å². The van der Waals surface area contributed by atoms with Crippen molar-refractivity contribution in [2.24, 2.45) is 0 Å². The third-order valence-corrected chi connectivity index (χ3v) is 9.08. The van der Waals surface area contributed by atoms with E-state index in [1.165, 1.54) is 55.5 Å². The molecule has 4 aromatic rings. The molecule has 0 saturated carbocycles. The summed E-state index contributed by atoms with van der Waals surface area (Å²) in [7, 11) is 0. The highest BCUT2D eigenvalue weighted by atomic mass is 16.8. The minimum Gasteiger partial charge on any atom is -0.463 e. The van der Waals surface area contributed by atoms with Gasteiger partial charge in [0.05, 0.1) is 35.3 Å².